The summed E-state index contributed by atoms with van der Waals surface area (Å²) in [5, 5.41) is 3.34. The van der Waals surface area contributed by atoms with Gasteiger partial charge in [-0.15, -0.1) is 0 Å². The summed E-state index contributed by atoms with van der Waals surface area (Å²) in [6.07, 6.45) is 0. The van der Waals surface area contributed by atoms with Crippen molar-refractivity contribution in [2.24, 2.45) is 7.05 Å². The van der Waals surface area contributed by atoms with E-state index in [1.54, 1.807) is 0 Å². The first-order valence-corrected chi connectivity index (χ1v) is 7.11. The van der Waals surface area contributed by atoms with Crippen LogP contribution in [0.5, 0.6) is 0 Å². The largest absolute Gasteiger partial charge is 0.334 e. The first-order valence-electron chi connectivity index (χ1n) is 7.11. The summed E-state index contributed by atoms with van der Waals surface area (Å²) in [4.78, 5) is 9.60. The van der Waals surface area contributed by atoms with Gasteiger partial charge in [0.15, 0.2) is 0 Å². The number of rotatable bonds is 4. The van der Waals surface area contributed by atoms with E-state index in [2.05, 4.69) is 52.6 Å². The van der Waals surface area contributed by atoms with Gasteiger partial charge in [0.25, 0.3) is 0 Å². The lowest BCUT2D eigenvalue weighted by atomic mass is 10.1. The molecule has 1 aromatic rings. The van der Waals surface area contributed by atoms with Crippen molar-refractivity contribution in [2.45, 2.75) is 19.9 Å². The van der Waals surface area contributed by atoms with E-state index in [1.165, 1.54) is 11.4 Å². The monoisotopic (exact) mass is 265 g/mol. The molecule has 0 radical (unpaired) electrons. The summed E-state index contributed by atoms with van der Waals surface area (Å²) in [5.41, 5.74) is 2.52. The zero-order valence-corrected chi connectivity index (χ0v) is 12.9. The summed E-state index contributed by atoms with van der Waals surface area (Å²) in [6, 6.07) is 0.421. The van der Waals surface area contributed by atoms with Crippen molar-refractivity contribution in [3.05, 3.63) is 17.2 Å². The quantitative estimate of drug-likeness (QED) is 0.862. The maximum atomic E-state index is 4.62. The Morgan fingerprint density at radius 2 is 1.79 bits per heavy atom. The molecule has 1 atom stereocenters. The van der Waals surface area contributed by atoms with E-state index in [0.29, 0.717) is 6.04 Å². The molecule has 0 amide bonds. The number of hydrogen-bond acceptors (Lipinski definition) is 4. The van der Waals surface area contributed by atoms with Gasteiger partial charge in [-0.2, -0.15) is 0 Å². The Balaban J connectivity index is 2.24. The van der Waals surface area contributed by atoms with Crippen LogP contribution in [0.3, 0.4) is 0 Å². The average Bonchev–Trinajstić information content (AvgIpc) is 2.62. The topological polar surface area (TPSA) is 36.3 Å². The van der Waals surface area contributed by atoms with E-state index in [4.69, 9.17) is 0 Å². The van der Waals surface area contributed by atoms with E-state index >= 15 is 0 Å². The fourth-order valence-electron chi connectivity index (χ4n) is 2.98. The number of aromatic nitrogens is 2. The van der Waals surface area contributed by atoms with Crippen LogP contribution in [-0.2, 0) is 7.05 Å². The Kier molecular flexibility index (Phi) is 4.60. The molecule has 5 heteroatoms. The molecule has 2 heterocycles. The molecule has 1 saturated heterocycles. The SMILES string of the molecule is CNCC(c1c(C)nc(C)n1C)N1CCN(C)CC1. The Hall–Kier alpha value is -0.910. The minimum Gasteiger partial charge on any atom is -0.334 e. The Morgan fingerprint density at radius 1 is 1.16 bits per heavy atom. The minimum atomic E-state index is 0.421. The lowest BCUT2D eigenvalue weighted by Crippen LogP contribution is -2.48. The highest BCUT2D eigenvalue weighted by Crippen LogP contribution is 2.24. The summed E-state index contributed by atoms with van der Waals surface area (Å²) >= 11 is 0. The molecule has 1 N–H and O–H groups in total. The molecular weight excluding hydrogens is 238 g/mol. The van der Waals surface area contributed by atoms with E-state index in [9.17, 15) is 0 Å². The zero-order chi connectivity index (χ0) is 14.0. The van der Waals surface area contributed by atoms with Gasteiger partial charge in [0.1, 0.15) is 5.82 Å². The van der Waals surface area contributed by atoms with Gasteiger partial charge in [-0.1, -0.05) is 0 Å². The molecule has 2 rings (SSSR count). The molecule has 5 nitrogen and oxygen atoms in total. The molecule has 19 heavy (non-hydrogen) atoms. The van der Waals surface area contributed by atoms with E-state index in [-0.39, 0.29) is 0 Å². The van der Waals surface area contributed by atoms with Crippen molar-refractivity contribution in [2.75, 3.05) is 46.8 Å². The zero-order valence-electron chi connectivity index (χ0n) is 12.9. The predicted octanol–water partition coefficient (Wildman–Crippen LogP) is 0.545. The fourth-order valence-corrected chi connectivity index (χ4v) is 2.98. The van der Waals surface area contributed by atoms with Crippen LogP contribution in [0.1, 0.15) is 23.3 Å². The van der Waals surface area contributed by atoms with Crippen molar-refractivity contribution < 1.29 is 0 Å². The maximum absolute atomic E-state index is 4.62. The van der Waals surface area contributed by atoms with Crippen molar-refractivity contribution >= 4 is 0 Å². The lowest BCUT2D eigenvalue weighted by Gasteiger charge is -2.38. The Morgan fingerprint density at radius 3 is 2.26 bits per heavy atom. The Bertz CT molecular complexity index is 418. The van der Waals surface area contributed by atoms with Gasteiger partial charge in [-0.3, -0.25) is 4.90 Å². The lowest BCUT2D eigenvalue weighted by molar-refractivity contribution is 0.107. The highest BCUT2D eigenvalue weighted by molar-refractivity contribution is 5.20. The molecule has 0 bridgehead atoms. The molecule has 108 valence electrons. The molecule has 0 aromatic carbocycles. The second kappa shape index (κ2) is 6.03. The summed E-state index contributed by atoms with van der Waals surface area (Å²) in [6.45, 7) is 9.74. The normalized spacial score (nSPS) is 19.8. The van der Waals surface area contributed by atoms with Crippen LogP contribution >= 0.6 is 0 Å². The molecule has 1 unspecified atom stereocenters. The van der Waals surface area contributed by atoms with Gasteiger partial charge < -0.3 is 14.8 Å². The highest BCUT2D eigenvalue weighted by Gasteiger charge is 2.27. The summed E-state index contributed by atoms with van der Waals surface area (Å²) < 4.78 is 2.25. The predicted molar refractivity (Wildman–Crippen MR) is 78.4 cm³/mol. The molecule has 1 fully saturated rings. The van der Waals surface area contributed by atoms with E-state index in [0.717, 1.165) is 38.5 Å². The van der Waals surface area contributed by atoms with E-state index < -0.39 is 0 Å². The van der Waals surface area contributed by atoms with Crippen molar-refractivity contribution in [3.8, 4) is 0 Å². The molecule has 0 saturated carbocycles. The van der Waals surface area contributed by atoms with Gasteiger partial charge in [-0.05, 0) is 27.9 Å². The smallest absolute Gasteiger partial charge is 0.105 e. The second-order valence-electron chi connectivity index (χ2n) is 5.60. The average molecular weight is 265 g/mol. The molecule has 1 aromatic heterocycles. The standard InChI is InChI=1S/C14H27N5/c1-11-14(18(5)12(2)16-11)13(10-15-3)19-8-6-17(4)7-9-19/h13,15H,6-10H2,1-5H3. The first-order chi connectivity index (χ1) is 9.04. The van der Waals surface area contributed by atoms with Gasteiger partial charge >= 0.3 is 0 Å². The van der Waals surface area contributed by atoms with Crippen LogP contribution in [0, 0.1) is 13.8 Å². The number of nitrogens with one attached hydrogen (secondary N) is 1. The maximum Gasteiger partial charge on any atom is 0.105 e. The molecule has 0 spiro atoms. The number of piperazine rings is 1. The molecule has 1 aliphatic heterocycles. The third-order valence-electron chi connectivity index (χ3n) is 4.24. The number of likely N-dealkylation sites (N-methyl/N-ethyl adjacent to an activating group) is 2. The Labute approximate surface area is 116 Å². The van der Waals surface area contributed by atoms with Gasteiger partial charge in [-0.25, -0.2) is 4.98 Å². The van der Waals surface area contributed by atoms with Crippen molar-refractivity contribution in [1.82, 2.24) is 24.7 Å². The minimum absolute atomic E-state index is 0.421. The van der Waals surface area contributed by atoms with Crippen LogP contribution in [0.4, 0.5) is 0 Å². The van der Waals surface area contributed by atoms with Gasteiger partial charge in [0.2, 0.25) is 0 Å². The number of nitrogens with zero attached hydrogens (tertiary/aromatic N) is 4. The third-order valence-corrected chi connectivity index (χ3v) is 4.24. The first kappa shape index (κ1) is 14.5. The third kappa shape index (κ3) is 2.99. The number of imidazole rings is 1. The summed E-state index contributed by atoms with van der Waals surface area (Å²) in [5.74, 6) is 1.10. The highest BCUT2D eigenvalue weighted by atomic mass is 15.3. The molecule has 0 aliphatic carbocycles. The van der Waals surface area contributed by atoms with Crippen molar-refractivity contribution in [3.63, 3.8) is 0 Å². The van der Waals surface area contributed by atoms with Crippen LogP contribution in [0.25, 0.3) is 0 Å². The van der Waals surface area contributed by atoms with Crippen LogP contribution in [0.2, 0.25) is 0 Å². The van der Waals surface area contributed by atoms with Gasteiger partial charge in [0.05, 0.1) is 17.4 Å². The van der Waals surface area contributed by atoms with E-state index in [1.807, 2.05) is 7.05 Å². The fraction of sp³-hybridized carbons (Fsp3) is 0.786. The molecule has 1 aliphatic rings. The number of aryl methyl sites for hydroxylation is 2. The van der Waals surface area contributed by atoms with Crippen LogP contribution in [-0.4, -0.2) is 66.2 Å². The number of hydrogen-bond donors (Lipinski definition) is 1. The van der Waals surface area contributed by atoms with Crippen LogP contribution in [0.15, 0.2) is 0 Å². The van der Waals surface area contributed by atoms with Crippen LogP contribution < -0.4 is 5.32 Å². The van der Waals surface area contributed by atoms with Crippen molar-refractivity contribution in [1.29, 1.82) is 0 Å². The summed E-state index contributed by atoms with van der Waals surface area (Å²) in [7, 11) is 6.36. The van der Waals surface area contributed by atoms with Gasteiger partial charge in [0, 0.05) is 39.8 Å². The molecular formula is C14H27N5. The second-order valence-corrected chi connectivity index (χ2v) is 5.60.